The molecular weight excluding hydrogens is 424 g/mol. The average molecular weight is 475 g/mol. The van der Waals surface area contributed by atoms with E-state index in [1.165, 1.54) is 0 Å². The minimum absolute atomic E-state index is 0.0358. The third kappa shape index (κ3) is 22.3. The van der Waals surface area contributed by atoms with E-state index in [1.54, 1.807) is 0 Å². The zero-order valence-electron chi connectivity index (χ0n) is 21.6. The van der Waals surface area contributed by atoms with Crippen LogP contribution in [-0.2, 0) is 28.5 Å². The summed E-state index contributed by atoms with van der Waals surface area (Å²) in [4.78, 5) is 23.1. The summed E-state index contributed by atoms with van der Waals surface area (Å²) in [6.45, 7) is 13.3. The summed E-state index contributed by atoms with van der Waals surface area (Å²) in [5.74, 6) is 0.132. The summed E-state index contributed by atoms with van der Waals surface area (Å²) in [7, 11) is 0. The summed E-state index contributed by atoms with van der Waals surface area (Å²) in [5.41, 5.74) is 0. The summed E-state index contributed by atoms with van der Waals surface area (Å²) < 4.78 is 22.1. The van der Waals surface area contributed by atoms with Crippen LogP contribution in [0.15, 0.2) is 0 Å². The Kier molecular flexibility index (Phi) is 23.0. The van der Waals surface area contributed by atoms with E-state index in [0.717, 1.165) is 64.5 Å². The van der Waals surface area contributed by atoms with Crippen molar-refractivity contribution in [3.05, 3.63) is 0 Å². The number of nitrogens with one attached hydrogen (secondary N) is 2. The first-order chi connectivity index (χ1) is 16.0. The van der Waals surface area contributed by atoms with Gasteiger partial charge in [-0.25, -0.2) is 0 Å². The van der Waals surface area contributed by atoms with Crippen molar-refractivity contribution in [3.8, 4) is 0 Å². The van der Waals surface area contributed by atoms with Crippen molar-refractivity contribution < 1.29 is 28.5 Å². The van der Waals surface area contributed by atoms with Gasteiger partial charge in [0.05, 0.1) is 32.5 Å². The lowest BCUT2D eigenvalue weighted by Gasteiger charge is -2.13. The van der Waals surface area contributed by atoms with Gasteiger partial charge in [0.25, 0.3) is 0 Å². The van der Waals surface area contributed by atoms with Crippen LogP contribution in [0.3, 0.4) is 0 Å². The highest BCUT2D eigenvalue weighted by Crippen LogP contribution is 2.02. The van der Waals surface area contributed by atoms with Crippen LogP contribution in [0.5, 0.6) is 0 Å². The molecule has 0 radical (unpaired) electrons. The molecule has 0 aliphatic carbocycles. The normalized spacial score (nSPS) is 11.3. The van der Waals surface area contributed by atoms with Gasteiger partial charge in [0.1, 0.15) is 6.61 Å². The van der Waals surface area contributed by atoms with E-state index >= 15 is 0 Å². The standard InChI is InChI=1S/C25H50N2O6/c1-5-23(6-2)33-21-24(28)26-13-9-7-11-15-30-17-19-32-20-18-31-16-12-8-10-14-27-25(29)22(3)4/h22-23H,5-21H2,1-4H3,(H,26,28)(H,27,29). The van der Waals surface area contributed by atoms with Crippen molar-refractivity contribution in [2.75, 3.05) is 59.3 Å². The first-order valence-corrected chi connectivity index (χ1v) is 12.9. The number of hydrogen-bond donors (Lipinski definition) is 2. The molecule has 33 heavy (non-hydrogen) atoms. The molecule has 0 aromatic carbocycles. The van der Waals surface area contributed by atoms with E-state index in [0.29, 0.717) is 39.6 Å². The molecule has 0 aliphatic heterocycles. The van der Waals surface area contributed by atoms with Crippen LogP contribution in [0.2, 0.25) is 0 Å². The largest absolute Gasteiger partial charge is 0.379 e. The van der Waals surface area contributed by atoms with E-state index in [2.05, 4.69) is 24.5 Å². The lowest BCUT2D eigenvalue weighted by atomic mass is 10.2. The molecule has 0 rings (SSSR count). The maximum atomic E-state index is 11.7. The van der Waals surface area contributed by atoms with Gasteiger partial charge in [-0.15, -0.1) is 0 Å². The van der Waals surface area contributed by atoms with Crippen molar-refractivity contribution in [2.24, 2.45) is 5.92 Å². The molecule has 0 saturated heterocycles. The Morgan fingerprint density at radius 1 is 0.667 bits per heavy atom. The molecule has 2 N–H and O–H groups in total. The van der Waals surface area contributed by atoms with Crippen LogP contribution >= 0.6 is 0 Å². The molecule has 8 heteroatoms. The lowest BCUT2D eigenvalue weighted by Crippen LogP contribution is -2.30. The van der Waals surface area contributed by atoms with Gasteiger partial charge in [0, 0.05) is 32.2 Å². The maximum Gasteiger partial charge on any atom is 0.246 e. The Morgan fingerprint density at radius 3 is 1.64 bits per heavy atom. The molecule has 0 heterocycles. The number of hydrogen-bond acceptors (Lipinski definition) is 6. The first-order valence-electron chi connectivity index (χ1n) is 12.9. The minimum Gasteiger partial charge on any atom is -0.379 e. The summed E-state index contributed by atoms with van der Waals surface area (Å²) >= 11 is 0. The summed E-state index contributed by atoms with van der Waals surface area (Å²) in [6, 6.07) is 0. The predicted octanol–water partition coefficient (Wildman–Crippen LogP) is 3.47. The quantitative estimate of drug-likeness (QED) is 0.208. The number of rotatable bonds is 24. The SMILES string of the molecule is CCC(CC)OCC(=O)NCCCCCOCCOCCOCCCCCNC(=O)C(C)C. The number of amides is 2. The Bertz CT molecular complexity index is 458. The Balaban J connectivity index is 3.20. The summed E-state index contributed by atoms with van der Waals surface area (Å²) in [5, 5.41) is 5.81. The number of carbonyl (C=O) groups excluding carboxylic acids is 2. The molecule has 0 atom stereocenters. The van der Waals surface area contributed by atoms with Crippen LogP contribution in [0.25, 0.3) is 0 Å². The van der Waals surface area contributed by atoms with Gasteiger partial charge in [-0.2, -0.15) is 0 Å². The first kappa shape index (κ1) is 31.8. The molecule has 8 nitrogen and oxygen atoms in total. The molecule has 0 aromatic heterocycles. The second-order valence-electron chi connectivity index (χ2n) is 8.50. The smallest absolute Gasteiger partial charge is 0.246 e. The van der Waals surface area contributed by atoms with E-state index in [-0.39, 0.29) is 30.4 Å². The minimum atomic E-state index is -0.0358. The molecule has 2 amide bonds. The number of carbonyl (C=O) groups is 2. The van der Waals surface area contributed by atoms with Crippen molar-refractivity contribution >= 4 is 11.8 Å². The molecule has 0 fully saturated rings. The molecule has 0 aromatic rings. The number of unbranched alkanes of at least 4 members (excludes halogenated alkanes) is 4. The second kappa shape index (κ2) is 23.9. The topological polar surface area (TPSA) is 95.1 Å². The van der Waals surface area contributed by atoms with Crippen LogP contribution in [0, 0.1) is 5.92 Å². The van der Waals surface area contributed by atoms with Crippen LogP contribution in [0.4, 0.5) is 0 Å². The number of ether oxygens (including phenoxy) is 4. The van der Waals surface area contributed by atoms with Crippen LogP contribution in [-0.4, -0.2) is 77.3 Å². The highest BCUT2D eigenvalue weighted by atomic mass is 16.5. The van der Waals surface area contributed by atoms with Gasteiger partial charge in [0.2, 0.25) is 11.8 Å². The fourth-order valence-electron chi connectivity index (χ4n) is 2.97. The van der Waals surface area contributed by atoms with Crippen LogP contribution < -0.4 is 10.6 Å². The Labute approximate surface area is 201 Å². The van der Waals surface area contributed by atoms with Gasteiger partial charge in [-0.3, -0.25) is 9.59 Å². The molecule has 196 valence electrons. The van der Waals surface area contributed by atoms with Gasteiger partial charge in [0.15, 0.2) is 0 Å². The third-order valence-corrected chi connectivity index (χ3v) is 5.18. The molecular formula is C25H50N2O6. The van der Waals surface area contributed by atoms with Gasteiger partial charge in [-0.1, -0.05) is 27.7 Å². The maximum absolute atomic E-state index is 11.7. The third-order valence-electron chi connectivity index (χ3n) is 5.18. The van der Waals surface area contributed by atoms with Gasteiger partial charge < -0.3 is 29.6 Å². The van der Waals surface area contributed by atoms with Gasteiger partial charge in [-0.05, 0) is 51.4 Å². The molecule has 0 aliphatic rings. The summed E-state index contributed by atoms with van der Waals surface area (Å²) in [6.07, 6.45) is 8.02. The van der Waals surface area contributed by atoms with Crippen molar-refractivity contribution in [2.45, 2.75) is 85.2 Å². The Hall–Kier alpha value is -1.22. The van der Waals surface area contributed by atoms with E-state index in [1.807, 2.05) is 13.8 Å². The van der Waals surface area contributed by atoms with Crippen molar-refractivity contribution in [1.29, 1.82) is 0 Å². The van der Waals surface area contributed by atoms with Crippen LogP contribution in [0.1, 0.15) is 79.1 Å². The van der Waals surface area contributed by atoms with E-state index < -0.39 is 0 Å². The van der Waals surface area contributed by atoms with E-state index in [4.69, 9.17) is 18.9 Å². The van der Waals surface area contributed by atoms with E-state index in [9.17, 15) is 9.59 Å². The molecule has 0 saturated carbocycles. The monoisotopic (exact) mass is 474 g/mol. The molecule has 0 unspecified atom stereocenters. The molecule has 0 spiro atoms. The van der Waals surface area contributed by atoms with Crippen molar-refractivity contribution in [1.82, 2.24) is 10.6 Å². The lowest BCUT2D eigenvalue weighted by molar-refractivity contribution is -0.127. The predicted molar refractivity (Wildman–Crippen MR) is 131 cm³/mol. The highest BCUT2D eigenvalue weighted by molar-refractivity contribution is 5.77. The fraction of sp³-hybridized carbons (Fsp3) is 0.920. The Morgan fingerprint density at radius 2 is 1.15 bits per heavy atom. The van der Waals surface area contributed by atoms with Gasteiger partial charge >= 0.3 is 0 Å². The molecule has 0 bridgehead atoms. The zero-order valence-corrected chi connectivity index (χ0v) is 21.6. The van der Waals surface area contributed by atoms with Crippen molar-refractivity contribution in [3.63, 3.8) is 0 Å². The average Bonchev–Trinajstić information content (AvgIpc) is 2.80. The second-order valence-corrected chi connectivity index (χ2v) is 8.50. The fourth-order valence-corrected chi connectivity index (χ4v) is 2.97. The zero-order chi connectivity index (χ0) is 24.6. The highest BCUT2D eigenvalue weighted by Gasteiger charge is 2.07.